The van der Waals surface area contributed by atoms with E-state index >= 15 is 0 Å². The van der Waals surface area contributed by atoms with E-state index in [1.807, 2.05) is 0 Å². The summed E-state index contributed by atoms with van der Waals surface area (Å²) in [6.45, 7) is 0. The highest BCUT2D eigenvalue weighted by atomic mass is 16.1. The van der Waals surface area contributed by atoms with E-state index in [9.17, 15) is 4.79 Å². The van der Waals surface area contributed by atoms with E-state index in [1.54, 1.807) is 7.05 Å². The number of nitrogens with zero attached hydrogens (tertiary/aromatic N) is 2. The Morgan fingerprint density at radius 3 is 2.59 bits per heavy atom. The second-order valence-corrected chi connectivity index (χ2v) is 4.73. The molecule has 17 heavy (non-hydrogen) atoms. The van der Waals surface area contributed by atoms with E-state index < -0.39 is 0 Å². The third-order valence-corrected chi connectivity index (χ3v) is 3.42. The van der Waals surface area contributed by atoms with Crippen LogP contribution in [0.3, 0.4) is 0 Å². The lowest BCUT2D eigenvalue weighted by molar-refractivity contribution is 0.0934. The number of amides is 1. The first-order valence-corrected chi connectivity index (χ1v) is 6.27. The summed E-state index contributed by atoms with van der Waals surface area (Å²) in [5.74, 6) is 0.332. The van der Waals surface area contributed by atoms with Gasteiger partial charge in [-0.1, -0.05) is 25.7 Å². The molecule has 3 N–H and O–H groups in total. The molecule has 94 valence electrons. The molecule has 0 unspecified atom stereocenters. The van der Waals surface area contributed by atoms with Crippen LogP contribution in [0.25, 0.3) is 0 Å². The monoisotopic (exact) mass is 236 g/mol. The minimum absolute atomic E-state index is 0.0949. The molecule has 0 bridgehead atoms. The van der Waals surface area contributed by atoms with Crippen LogP contribution in [-0.4, -0.2) is 21.7 Å². The van der Waals surface area contributed by atoms with Gasteiger partial charge in [0.2, 0.25) is 0 Å². The van der Waals surface area contributed by atoms with Crippen molar-refractivity contribution < 1.29 is 4.79 Å². The topological polar surface area (TPSA) is 72.9 Å². The van der Waals surface area contributed by atoms with Gasteiger partial charge in [-0.15, -0.1) is 0 Å². The fraction of sp³-hybridized carbons (Fsp3) is 0.667. The predicted molar refractivity (Wildman–Crippen MR) is 66.6 cm³/mol. The fourth-order valence-corrected chi connectivity index (χ4v) is 2.31. The van der Waals surface area contributed by atoms with Crippen molar-refractivity contribution in [2.45, 2.75) is 44.6 Å². The summed E-state index contributed by atoms with van der Waals surface area (Å²) >= 11 is 0. The highest BCUT2D eigenvalue weighted by molar-refractivity contribution is 5.98. The number of nitrogens with two attached hydrogens (primary N) is 1. The zero-order valence-corrected chi connectivity index (χ0v) is 10.3. The van der Waals surface area contributed by atoms with Gasteiger partial charge in [-0.05, 0) is 12.8 Å². The summed E-state index contributed by atoms with van der Waals surface area (Å²) in [6.07, 6.45) is 8.64. The zero-order chi connectivity index (χ0) is 12.3. The second kappa shape index (κ2) is 5.21. The number of carbonyl (C=O) groups excluding carboxylic acids is 1. The molecule has 1 amide bonds. The van der Waals surface area contributed by atoms with Crippen LogP contribution < -0.4 is 11.1 Å². The summed E-state index contributed by atoms with van der Waals surface area (Å²) in [6, 6.07) is 0.296. The van der Waals surface area contributed by atoms with Gasteiger partial charge < -0.3 is 11.1 Å². The van der Waals surface area contributed by atoms with E-state index in [1.165, 1.54) is 36.6 Å². The quantitative estimate of drug-likeness (QED) is 0.763. The van der Waals surface area contributed by atoms with Crippen molar-refractivity contribution in [3.05, 3.63) is 11.8 Å². The Labute approximate surface area is 101 Å². The number of aryl methyl sites for hydroxylation is 1. The first-order valence-electron chi connectivity index (χ1n) is 6.27. The number of hydrogen-bond acceptors (Lipinski definition) is 3. The van der Waals surface area contributed by atoms with Crippen LogP contribution in [0.15, 0.2) is 6.20 Å². The molecule has 0 aromatic carbocycles. The molecule has 0 spiro atoms. The number of carbonyl (C=O) groups is 1. The van der Waals surface area contributed by atoms with Gasteiger partial charge in [0.05, 0.1) is 6.20 Å². The number of nitrogens with one attached hydrogen (secondary N) is 1. The molecular formula is C12H20N4O. The van der Waals surface area contributed by atoms with Gasteiger partial charge in [-0.25, -0.2) is 0 Å². The summed E-state index contributed by atoms with van der Waals surface area (Å²) in [5, 5.41) is 7.04. The van der Waals surface area contributed by atoms with E-state index in [4.69, 9.17) is 5.73 Å². The lowest BCUT2D eigenvalue weighted by Crippen LogP contribution is -2.34. The summed E-state index contributed by atoms with van der Waals surface area (Å²) < 4.78 is 1.52. The molecule has 1 saturated carbocycles. The van der Waals surface area contributed by atoms with Crippen LogP contribution in [0, 0.1) is 0 Å². The average Bonchev–Trinajstić information content (AvgIpc) is 2.55. The van der Waals surface area contributed by atoms with Gasteiger partial charge in [0, 0.05) is 13.1 Å². The van der Waals surface area contributed by atoms with Crippen molar-refractivity contribution in [2.75, 3.05) is 5.73 Å². The van der Waals surface area contributed by atoms with E-state index in [-0.39, 0.29) is 5.91 Å². The standard InChI is InChI=1S/C12H20N4O/c1-16-11(13)10(8-14-16)12(17)15-9-6-4-2-3-5-7-9/h8-9H,2-7,13H2,1H3,(H,15,17). The lowest BCUT2D eigenvalue weighted by Gasteiger charge is -2.15. The molecule has 0 radical (unpaired) electrons. The van der Waals surface area contributed by atoms with E-state index in [0.717, 1.165) is 12.8 Å². The van der Waals surface area contributed by atoms with Crippen molar-refractivity contribution in [3.8, 4) is 0 Å². The van der Waals surface area contributed by atoms with Crippen molar-refractivity contribution in [1.82, 2.24) is 15.1 Å². The SMILES string of the molecule is Cn1ncc(C(=O)NC2CCCCCC2)c1N. The summed E-state index contributed by atoms with van der Waals surface area (Å²) in [4.78, 5) is 12.0. The highest BCUT2D eigenvalue weighted by Crippen LogP contribution is 2.18. The second-order valence-electron chi connectivity index (χ2n) is 4.73. The molecule has 2 rings (SSSR count). The first kappa shape index (κ1) is 12.0. The van der Waals surface area contributed by atoms with Crippen LogP contribution in [0.1, 0.15) is 48.9 Å². The fourth-order valence-electron chi connectivity index (χ4n) is 2.31. The summed E-state index contributed by atoms with van der Waals surface area (Å²) in [7, 11) is 1.73. The van der Waals surface area contributed by atoms with Crippen LogP contribution in [0.5, 0.6) is 0 Å². The number of aromatic nitrogens is 2. The Bertz CT molecular complexity index is 391. The highest BCUT2D eigenvalue weighted by Gasteiger charge is 2.18. The minimum Gasteiger partial charge on any atom is -0.383 e. The molecule has 5 heteroatoms. The smallest absolute Gasteiger partial charge is 0.256 e. The third kappa shape index (κ3) is 2.78. The molecule has 1 aliphatic rings. The maximum atomic E-state index is 12.0. The largest absolute Gasteiger partial charge is 0.383 e. The number of anilines is 1. The van der Waals surface area contributed by atoms with Crippen LogP contribution in [0.2, 0.25) is 0 Å². The van der Waals surface area contributed by atoms with Gasteiger partial charge in [0.25, 0.3) is 5.91 Å². The Morgan fingerprint density at radius 1 is 1.41 bits per heavy atom. The van der Waals surface area contributed by atoms with Crippen LogP contribution in [0.4, 0.5) is 5.82 Å². The minimum atomic E-state index is -0.0949. The molecule has 0 saturated heterocycles. The van der Waals surface area contributed by atoms with Gasteiger partial charge in [-0.3, -0.25) is 9.48 Å². The van der Waals surface area contributed by atoms with E-state index in [0.29, 0.717) is 17.4 Å². The van der Waals surface area contributed by atoms with Crippen LogP contribution in [-0.2, 0) is 7.05 Å². The normalized spacial score (nSPS) is 17.7. The molecule has 1 aliphatic carbocycles. The van der Waals surface area contributed by atoms with Crippen molar-refractivity contribution in [3.63, 3.8) is 0 Å². The lowest BCUT2D eigenvalue weighted by atomic mass is 10.1. The van der Waals surface area contributed by atoms with Crippen molar-refractivity contribution in [2.24, 2.45) is 7.05 Å². The molecule has 1 heterocycles. The summed E-state index contributed by atoms with van der Waals surface area (Å²) in [5.41, 5.74) is 6.26. The van der Waals surface area contributed by atoms with E-state index in [2.05, 4.69) is 10.4 Å². The third-order valence-electron chi connectivity index (χ3n) is 3.42. The Kier molecular flexibility index (Phi) is 3.66. The molecule has 5 nitrogen and oxygen atoms in total. The number of rotatable bonds is 2. The van der Waals surface area contributed by atoms with Gasteiger partial charge in [-0.2, -0.15) is 5.10 Å². The Morgan fingerprint density at radius 2 is 2.06 bits per heavy atom. The molecular weight excluding hydrogens is 216 g/mol. The molecule has 1 aromatic rings. The Balaban J connectivity index is 1.98. The Hall–Kier alpha value is -1.52. The average molecular weight is 236 g/mol. The molecule has 0 atom stereocenters. The van der Waals surface area contributed by atoms with Gasteiger partial charge in [0.1, 0.15) is 11.4 Å². The van der Waals surface area contributed by atoms with Gasteiger partial charge >= 0.3 is 0 Å². The molecule has 0 aliphatic heterocycles. The van der Waals surface area contributed by atoms with Gasteiger partial charge in [0.15, 0.2) is 0 Å². The maximum Gasteiger partial charge on any atom is 0.256 e. The first-order chi connectivity index (χ1) is 8.18. The number of hydrogen-bond donors (Lipinski definition) is 2. The van der Waals surface area contributed by atoms with Crippen molar-refractivity contribution in [1.29, 1.82) is 0 Å². The molecule has 1 aromatic heterocycles. The van der Waals surface area contributed by atoms with Crippen LogP contribution >= 0.6 is 0 Å². The number of nitrogen functional groups attached to an aromatic ring is 1. The molecule has 1 fully saturated rings. The predicted octanol–water partition coefficient (Wildman–Crippen LogP) is 1.45. The van der Waals surface area contributed by atoms with Crippen molar-refractivity contribution >= 4 is 11.7 Å². The maximum absolute atomic E-state index is 12.0. The zero-order valence-electron chi connectivity index (χ0n) is 10.3.